The van der Waals surface area contributed by atoms with Gasteiger partial charge in [0.15, 0.2) is 0 Å². The molecule has 0 saturated carbocycles. The van der Waals surface area contributed by atoms with Crippen molar-refractivity contribution in [3.63, 3.8) is 0 Å². The number of carbonyl (C=O) groups excluding carboxylic acids is 1. The minimum atomic E-state index is -1.09. The van der Waals surface area contributed by atoms with Crippen molar-refractivity contribution in [3.8, 4) is 16.9 Å². The van der Waals surface area contributed by atoms with Gasteiger partial charge in [0.1, 0.15) is 11.3 Å². The third-order valence-electron chi connectivity index (χ3n) is 3.18. The summed E-state index contributed by atoms with van der Waals surface area (Å²) < 4.78 is 10.2. The molecule has 0 atom stereocenters. The molecule has 110 valence electrons. The molecule has 3 rings (SSSR count). The van der Waals surface area contributed by atoms with Crippen LogP contribution in [0.4, 0.5) is 0 Å². The number of furan rings is 1. The number of carbonyl (C=O) groups is 2. The van der Waals surface area contributed by atoms with Gasteiger partial charge in [-0.05, 0) is 41.5 Å². The van der Waals surface area contributed by atoms with Crippen LogP contribution in [0, 0.1) is 0 Å². The maximum Gasteiger partial charge on any atom is 0.371 e. The fraction of sp³-hybridized carbons (Fsp3) is 0.0588. The normalized spacial score (nSPS) is 10.6. The first-order valence-electron chi connectivity index (χ1n) is 6.59. The van der Waals surface area contributed by atoms with Crippen LogP contribution in [0.1, 0.15) is 17.5 Å². The molecule has 5 nitrogen and oxygen atoms in total. The summed E-state index contributed by atoms with van der Waals surface area (Å²) in [6.07, 6.45) is 0. The third-order valence-corrected chi connectivity index (χ3v) is 3.18. The maximum atomic E-state index is 10.9. The Labute approximate surface area is 125 Å². The summed E-state index contributed by atoms with van der Waals surface area (Å²) >= 11 is 0. The molecule has 5 heteroatoms. The van der Waals surface area contributed by atoms with Crippen LogP contribution in [-0.2, 0) is 4.79 Å². The van der Waals surface area contributed by atoms with Crippen molar-refractivity contribution >= 4 is 22.9 Å². The van der Waals surface area contributed by atoms with Crippen LogP contribution in [0.3, 0.4) is 0 Å². The largest absolute Gasteiger partial charge is 0.475 e. The van der Waals surface area contributed by atoms with E-state index < -0.39 is 5.97 Å². The molecule has 0 aliphatic rings. The lowest BCUT2D eigenvalue weighted by molar-refractivity contribution is -0.131. The molecule has 22 heavy (non-hydrogen) atoms. The van der Waals surface area contributed by atoms with Gasteiger partial charge in [0.25, 0.3) is 0 Å². The van der Waals surface area contributed by atoms with Gasteiger partial charge in [0.2, 0.25) is 5.76 Å². The number of aromatic carboxylic acids is 1. The average Bonchev–Trinajstić information content (AvgIpc) is 2.90. The summed E-state index contributed by atoms with van der Waals surface area (Å²) in [7, 11) is 0. The van der Waals surface area contributed by atoms with E-state index in [9.17, 15) is 9.59 Å². The Bertz CT molecular complexity index is 858. The standard InChI is InChI=1S/C17H12O5/c1-10(18)21-14-5-2-11(3-6-14)12-4-7-15-13(8-12)9-16(22-15)17(19)20/h2-9H,1H3,(H,19,20). The molecule has 0 bridgehead atoms. The van der Waals surface area contributed by atoms with Gasteiger partial charge in [0.05, 0.1) is 0 Å². The molecular weight excluding hydrogens is 284 g/mol. The lowest BCUT2D eigenvalue weighted by atomic mass is 10.0. The molecule has 0 saturated heterocycles. The van der Waals surface area contributed by atoms with Gasteiger partial charge in [0, 0.05) is 12.3 Å². The minimum Gasteiger partial charge on any atom is -0.475 e. The van der Waals surface area contributed by atoms with Crippen LogP contribution in [0.15, 0.2) is 52.9 Å². The number of carboxylic acids is 1. The van der Waals surface area contributed by atoms with E-state index in [-0.39, 0.29) is 11.7 Å². The Kier molecular flexibility index (Phi) is 3.39. The van der Waals surface area contributed by atoms with Crippen LogP contribution >= 0.6 is 0 Å². The topological polar surface area (TPSA) is 76.7 Å². The number of hydrogen-bond acceptors (Lipinski definition) is 4. The van der Waals surface area contributed by atoms with Gasteiger partial charge < -0.3 is 14.3 Å². The average molecular weight is 296 g/mol. The zero-order valence-corrected chi connectivity index (χ0v) is 11.7. The van der Waals surface area contributed by atoms with Crippen LogP contribution in [0.2, 0.25) is 0 Å². The minimum absolute atomic E-state index is 0.0858. The molecule has 0 aliphatic heterocycles. The summed E-state index contributed by atoms with van der Waals surface area (Å²) in [5, 5.41) is 9.66. The molecule has 0 radical (unpaired) electrons. The Hall–Kier alpha value is -3.08. The lowest BCUT2D eigenvalue weighted by Crippen LogP contribution is -2.00. The van der Waals surface area contributed by atoms with Gasteiger partial charge in [-0.1, -0.05) is 18.2 Å². The van der Waals surface area contributed by atoms with Gasteiger partial charge in [-0.15, -0.1) is 0 Å². The molecule has 0 aliphatic carbocycles. The van der Waals surface area contributed by atoms with Crippen LogP contribution in [0.5, 0.6) is 5.75 Å². The van der Waals surface area contributed by atoms with Gasteiger partial charge in [-0.25, -0.2) is 4.79 Å². The molecule has 1 N–H and O–H groups in total. The summed E-state index contributed by atoms with van der Waals surface area (Å²) in [4.78, 5) is 21.8. The highest BCUT2D eigenvalue weighted by Crippen LogP contribution is 2.28. The second kappa shape index (κ2) is 5.37. The van der Waals surface area contributed by atoms with Crippen molar-refractivity contribution in [2.45, 2.75) is 6.92 Å². The van der Waals surface area contributed by atoms with Crippen molar-refractivity contribution in [1.29, 1.82) is 0 Å². The summed E-state index contributed by atoms with van der Waals surface area (Å²) in [5.41, 5.74) is 2.37. The molecule has 0 amide bonds. The number of fused-ring (bicyclic) bond motifs is 1. The second-order valence-electron chi connectivity index (χ2n) is 4.79. The SMILES string of the molecule is CC(=O)Oc1ccc(-c2ccc3oc(C(=O)O)cc3c2)cc1. The second-order valence-corrected chi connectivity index (χ2v) is 4.79. The van der Waals surface area contributed by atoms with E-state index in [0.29, 0.717) is 11.3 Å². The van der Waals surface area contributed by atoms with Crippen LogP contribution in [0.25, 0.3) is 22.1 Å². The Balaban J connectivity index is 1.95. The number of ether oxygens (including phenoxy) is 1. The van der Waals surface area contributed by atoms with Gasteiger partial charge in [-0.2, -0.15) is 0 Å². The molecule has 1 heterocycles. The quantitative estimate of drug-likeness (QED) is 0.588. The molecule has 0 spiro atoms. The monoisotopic (exact) mass is 296 g/mol. The van der Waals surface area contributed by atoms with E-state index in [2.05, 4.69) is 0 Å². The Morgan fingerprint density at radius 3 is 2.32 bits per heavy atom. The number of hydrogen-bond donors (Lipinski definition) is 1. The van der Waals surface area contributed by atoms with E-state index in [1.54, 1.807) is 18.2 Å². The third kappa shape index (κ3) is 2.69. The van der Waals surface area contributed by atoms with E-state index in [0.717, 1.165) is 16.5 Å². The first-order valence-corrected chi connectivity index (χ1v) is 6.59. The highest BCUT2D eigenvalue weighted by Gasteiger charge is 2.11. The van der Waals surface area contributed by atoms with Crippen molar-refractivity contribution in [3.05, 3.63) is 54.3 Å². The molecule has 2 aromatic carbocycles. The van der Waals surface area contributed by atoms with Crippen molar-refractivity contribution in [2.24, 2.45) is 0 Å². The van der Waals surface area contributed by atoms with Crippen molar-refractivity contribution in [2.75, 3.05) is 0 Å². The summed E-state index contributed by atoms with van der Waals surface area (Å²) in [6, 6.07) is 14.0. The van der Waals surface area contributed by atoms with Gasteiger partial charge >= 0.3 is 11.9 Å². The number of rotatable bonds is 3. The molecule has 3 aromatic rings. The number of carboxylic acid groups (broad SMARTS) is 1. The Morgan fingerprint density at radius 2 is 1.68 bits per heavy atom. The number of esters is 1. The van der Waals surface area contributed by atoms with Crippen molar-refractivity contribution < 1.29 is 23.8 Å². The highest BCUT2D eigenvalue weighted by atomic mass is 16.5. The molecule has 1 aromatic heterocycles. The fourth-order valence-corrected chi connectivity index (χ4v) is 2.21. The predicted octanol–water partition coefficient (Wildman–Crippen LogP) is 3.72. The zero-order valence-electron chi connectivity index (χ0n) is 11.7. The van der Waals surface area contributed by atoms with Crippen molar-refractivity contribution in [1.82, 2.24) is 0 Å². The van der Waals surface area contributed by atoms with E-state index in [1.807, 2.05) is 24.3 Å². The molecule has 0 unspecified atom stereocenters. The fourth-order valence-electron chi connectivity index (χ4n) is 2.21. The lowest BCUT2D eigenvalue weighted by Gasteiger charge is -2.04. The number of benzene rings is 2. The summed E-state index contributed by atoms with van der Waals surface area (Å²) in [5.74, 6) is -1.07. The van der Waals surface area contributed by atoms with E-state index in [4.69, 9.17) is 14.3 Å². The first-order chi connectivity index (χ1) is 10.5. The molecule has 0 fully saturated rings. The van der Waals surface area contributed by atoms with E-state index in [1.165, 1.54) is 13.0 Å². The van der Waals surface area contributed by atoms with Crippen LogP contribution < -0.4 is 4.74 Å². The highest BCUT2D eigenvalue weighted by molar-refractivity contribution is 5.93. The molecular formula is C17H12O5. The van der Waals surface area contributed by atoms with Crippen LogP contribution in [-0.4, -0.2) is 17.0 Å². The zero-order chi connectivity index (χ0) is 15.7. The smallest absolute Gasteiger partial charge is 0.371 e. The van der Waals surface area contributed by atoms with E-state index >= 15 is 0 Å². The Morgan fingerprint density at radius 1 is 1.00 bits per heavy atom. The van der Waals surface area contributed by atoms with Gasteiger partial charge in [-0.3, -0.25) is 4.79 Å². The maximum absolute atomic E-state index is 10.9. The summed E-state index contributed by atoms with van der Waals surface area (Å²) in [6.45, 7) is 1.35. The predicted molar refractivity (Wildman–Crippen MR) is 79.9 cm³/mol. The first kappa shape index (κ1) is 13.9.